The average Bonchev–Trinajstić information content (AvgIpc) is 2.61. The zero-order valence-electron chi connectivity index (χ0n) is 14.9. The van der Waals surface area contributed by atoms with Crippen molar-refractivity contribution in [3.05, 3.63) is 35.4 Å². The summed E-state index contributed by atoms with van der Waals surface area (Å²) in [6, 6.07) is 7.98. The highest BCUT2D eigenvalue weighted by atomic mass is 16.2. The lowest BCUT2D eigenvalue weighted by Gasteiger charge is -2.26. The fourth-order valence-corrected chi connectivity index (χ4v) is 3.05. The first-order chi connectivity index (χ1) is 12.1. The number of unbranched alkanes of at least 4 members (excludes halogenated alkanes) is 1. The molecule has 0 radical (unpaired) electrons. The fourth-order valence-electron chi connectivity index (χ4n) is 3.05. The van der Waals surface area contributed by atoms with Crippen LogP contribution in [0.2, 0.25) is 0 Å². The van der Waals surface area contributed by atoms with Crippen molar-refractivity contribution in [1.29, 1.82) is 0 Å². The molecule has 3 amide bonds. The van der Waals surface area contributed by atoms with Crippen LogP contribution < -0.4 is 16.4 Å². The summed E-state index contributed by atoms with van der Waals surface area (Å²) in [5, 5.41) is 5.45. The second-order valence-corrected chi connectivity index (χ2v) is 6.68. The topological polar surface area (TPSA) is 87.5 Å². The second kappa shape index (κ2) is 10.7. The molecule has 0 bridgehead atoms. The molecular formula is C19H30N4O2. The van der Waals surface area contributed by atoms with Gasteiger partial charge in [-0.3, -0.25) is 9.69 Å². The van der Waals surface area contributed by atoms with Gasteiger partial charge >= 0.3 is 6.03 Å². The molecule has 0 aromatic heterocycles. The molecule has 138 valence electrons. The van der Waals surface area contributed by atoms with Gasteiger partial charge in [0, 0.05) is 26.1 Å². The number of hydrogen-bond donors (Lipinski definition) is 3. The summed E-state index contributed by atoms with van der Waals surface area (Å²) in [4.78, 5) is 24.8. The van der Waals surface area contributed by atoms with E-state index < -0.39 is 6.03 Å². The Morgan fingerprint density at radius 1 is 0.960 bits per heavy atom. The molecule has 0 spiro atoms. The molecule has 0 aliphatic carbocycles. The first-order valence-electron chi connectivity index (χ1n) is 9.23. The van der Waals surface area contributed by atoms with E-state index in [1.165, 1.54) is 37.9 Å². The number of nitrogens with one attached hydrogen (secondary N) is 2. The maximum Gasteiger partial charge on any atom is 0.312 e. The molecule has 1 saturated heterocycles. The van der Waals surface area contributed by atoms with Gasteiger partial charge in [-0.1, -0.05) is 30.7 Å². The van der Waals surface area contributed by atoms with Crippen molar-refractivity contribution >= 4 is 11.9 Å². The van der Waals surface area contributed by atoms with Gasteiger partial charge in [-0.25, -0.2) is 4.79 Å². The first kappa shape index (κ1) is 19.2. The van der Waals surface area contributed by atoms with Crippen molar-refractivity contribution in [2.75, 3.05) is 19.6 Å². The number of benzene rings is 1. The number of nitrogens with two attached hydrogens (primary N) is 1. The van der Waals surface area contributed by atoms with Crippen molar-refractivity contribution in [1.82, 2.24) is 15.5 Å². The normalized spacial score (nSPS) is 14.9. The Balaban J connectivity index is 1.61. The van der Waals surface area contributed by atoms with E-state index in [9.17, 15) is 9.59 Å². The van der Waals surface area contributed by atoms with Gasteiger partial charge < -0.3 is 16.4 Å². The summed E-state index contributed by atoms with van der Waals surface area (Å²) in [7, 11) is 0. The molecule has 6 heteroatoms. The predicted octanol–water partition coefficient (Wildman–Crippen LogP) is 2.13. The molecule has 1 aromatic carbocycles. The van der Waals surface area contributed by atoms with E-state index in [2.05, 4.69) is 39.8 Å². The molecule has 25 heavy (non-hydrogen) atoms. The second-order valence-electron chi connectivity index (χ2n) is 6.68. The highest BCUT2D eigenvalue weighted by Gasteiger charge is 2.10. The number of urea groups is 1. The van der Waals surface area contributed by atoms with E-state index in [0.29, 0.717) is 19.5 Å². The van der Waals surface area contributed by atoms with Gasteiger partial charge in [0.2, 0.25) is 5.91 Å². The summed E-state index contributed by atoms with van der Waals surface area (Å²) in [5.74, 6) is 0.0384. The zero-order chi connectivity index (χ0) is 17.9. The number of carbonyl (C=O) groups is 2. The van der Waals surface area contributed by atoms with E-state index in [-0.39, 0.29) is 5.91 Å². The quantitative estimate of drug-likeness (QED) is 0.599. The monoisotopic (exact) mass is 346 g/mol. The summed E-state index contributed by atoms with van der Waals surface area (Å²) >= 11 is 0. The van der Waals surface area contributed by atoms with Gasteiger partial charge in [0.05, 0.1) is 0 Å². The summed E-state index contributed by atoms with van der Waals surface area (Å²) in [6.07, 6.45) is 5.93. The van der Waals surface area contributed by atoms with Gasteiger partial charge in [0.1, 0.15) is 0 Å². The number of rotatable bonds is 9. The number of hydrogen-bond acceptors (Lipinski definition) is 3. The lowest BCUT2D eigenvalue weighted by Crippen LogP contribution is -2.30. The van der Waals surface area contributed by atoms with Crippen LogP contribution >= 0.6 is 0 Å². The van der Waals surface area contributed by atoms with E-state index in [0.717, 1.165) is 24.9 Å². The molecule has 1 aliphatic rings. The van der Waals surface area contributed by atoms with Crippen LogP contribution in [0.3, 0.4) is 0 Å². The predicted molar refractivity (Wildman–Crippen MR) is 98.9 cm³/mol. The van der Waals surface area contributed by atoms with E-state index in [1.54, 1.807) is 0 Å². The minimum atomic E-state index is -0.520. The third-order valence-corrected chi connectivity index (χ3v) is 4.50. The highest BCUT2D eigenvalue weighted by Crippen LogP contribution is 2.13. The third kappa shape index (κ3) is 8.03. The maximum atomic E-state index is 11.8. The number of nitrogens with zero attached hydrogens (tertiary/aromatic N) is 1. The zero-order valence-corrected chi connectivity index (χ0v) is 14.9. The number of likely N-dealkylation sites (tertiary alicyclic amines) is 1. The molecule has 4 N–H and O–H groups in total. The number of piperidine rings is 1. The molecule has 0 unspecified atom stereocenters. The molecule has 0 atom stereocenters. The van der Waals surface area contributed by atoms with Crippen LogP contribution in [0.15, 0.2) is 24.3 Å². The minimum absolute atomic E-state index is 0.0384. The molecule has 1 aliphatic heterocycles. The molecular weight excluding hydrogens is 316 g/mol. The highest BCUT2D eigenvalue weighted by molar-refractivity contribution is 5.75. The number of amides is 3. The van der Waals surface area contributed by atoms with E-state index >= 15 is 0 Å². The molecule has 1 fully saturated rings. The summed E-state index contributed by atoms with van der Waals surface area (Å²) in [5.41, 5.74) is 7.43. The van der Waals surface area contributed by atoms with Crippen molar-refractivity contribution in [2.24, 2.45) is 5.73 Å². The molecule has 1 aromatic rings. The van der Waals surface area contributed by atoms with Crippen LogP contribution in [-0.2, 0) is 17.9 Å². The summed E-state index contributed by atoms with van der Waals surface area (Å²) in [6.45, 7) is 4.50. The van der Waals surface area contributed by atoms with Gasteiger partial charge in [0.15, 0.2) is 0 Å². The molecule has 2 rings (SSSR count). The standard InChI is InChI=1S/C19H30N4O2/c20-19(25)21-11-3-2-6-18(24)22-14-16-7-9-17(10-8-16)15-23-12-4-1-5-13-23/h7-10H,1-6,11-15H2,(H,22,24)(H3,20,21,25). The third-order valence-electron chi connectivity index (χ3n) is 4.50. The van der Waals surface area contributed by atoms with Crippen LogP contribution in [0.25, 0.3) is 0 Å². The number of primary amides is 1. The Bertz CT molecular complexity index is 539. The first-order valence-corrected chi connectivity index (χ1v) is 9.23. The van der Waals surface area contributed by atoms with Crippen LogP contribution in [0.5, 0.6) is 0 Å². The van der Waals surface area contributed by atoms with Crippen LogP contribution in [0, 0.1) is 0 Å². The Kier molecular flexibility index (Phi) is 8.25. The van der Waals surface area contributed by atoms with Crippen molar-refractivity contribution in [3.63, 3.8) is 0 Å². The van der Waals surface area contributed by atoms with Crippen LogP contribution in [0.1, 0.15) is 49.7 Å². The van der Waals surface area contributed by atoms with Crippen LogP contribution in [-0.4, -0.2) is 36.5 Å². The van der Waals surface area contributed by atoms with Gasteiger partial charge in [-0.05, 0) is 49.9 Å². The van der Waals surface area contributed by atoms with Gasteiger partial charge in [0.25, 0.3) is 0 Å². The smallest absolute Gasteiger partial charge is 0.312 e. The lowest BCUT2D eigenvalue weighted by atomic mass is 10.1. The Morgan fingerprint density at radius 3 is 2.32 bits per heavy atom. The van der Waals surface area contributed by atoms with E-state index in [4.69, 9.17) is 5.73 Å². The maximum absolute atomic E-state index is 11.8. The van der Waals surface area contributed by atoms with Crippen molar-refractivity contribution in [3.8, 4) is 0 Å². The minimum Gasteiger partial charge on any atom is -0.352 e. The Morgan fingerprint density at radius 2 is 1.64 bits per heavy atom. The lowest BCUT2D eigenvalue weighted by molar-refractivity contribution is -0.121. The molecule has 0 saturated carbocycles. The fraction of sp³-hybridized carbons (Fsp3) is 0.579. The van der Waals surface area contributed by atoms with Crippen LogP contribution in [0.4, 0.5) is 4.79 Å². The average molecular weight is 346 g/mol. The molecule has 6 nitrogen and oxygen atoms in total. The van der Waals surface area contributed by atoms with Crippen molar-refractivity contribution < 1.29 is 9.59 Å². The largest absolute Gasteiger partial charge is 0.352 e. The SMILES string of the molecule is NC(=O)NCCCCC(=O)NCc1ccc(CN2CCCCC2)cc1. The number of carbonyl (C=O) groups excluding carboxylic acids is 2. The van der Waals surface area contributed by atoms with Gasteiger partial charge in [-0.15, -0.1) is 0 Å². The van der Waals surface area contributed by atoms with Crippen molar-refractivity contribution in [2.45, 2.75) is 51.6 Å². The Labute approximate surface area is 150 Å². The van der Waals surface area contributed by atoms with Gasteiger partial charge in [-0.2, -0.15) is 0 Å². The molecule has 1 heterocycles. The summed E-state index contributed by atoms with van der Waals surface area (Å²) < 4.78 is 0. The van der Waals surface area contributed by atoms with E-state index in [1.807, 2.05) is 0 Å². The Hall–Kier alpha value is -2.08.